The number of hydrogen-bond donors (Lipinski definition) is 0. The van der Waals surface area contributed by atoms with Crippen LogP contribution in [-0.2, 0) is 9.53 Å². The number of ether oxygens (including phenoxy) is 1. The predicted octanol–water partition coefficient (Wildman–Crippen LogP) is 4.63. The minimum Gasteiger partial charge on any atom is -0.484 e. The van der Waals surface area contributed by atoms with E-state index < -0.39 is 0 Å². The molecule has 2 heteroatoms. The van der Waals surface area contributed by atoms with Crippen LogP contribution in [0.1, 0.15) is 42.1 Å². The highest BCUT2D eigenvalue weighted by Gasteiger charge is 2.37. The lowest BCUT2D eigenvalue weighted by atomic mass is 9.88. The lowest BCUT2D eigenvalue weighted by Gasteiger charge is -2.30. The maximum Gasteiger partial charge on any atom is 0.140 e. The zero-order chi connectivity index (χ0) is 14.9. The van der Waals surface area contributed by atoms with Crippen LogP contribution in [0.2, 0.25) is 0 Å². The molecule has 0 N–H and O–H groups in total. The number of benzene rings is 2. The molecule has 1 heterocycles. The summed E-state index contributed by atoms with van der Waals surface area (Å²) in [5.41, 5.74) is 3.37. The standard InChI is InChI=1S/C20H18O2/c21-18-12-6-11-17(18)20-16-10-5-4-9-15(16)13-19(22-20)14-7-2-1-3-8-14/h1-5,7-10,13,17,20H,6,11-12H2/t17-,20+/m1/s1. The Morgan fingerprint density at radius 1 is 0.955 bits per heavy atom. The van der Waals surface area contributed by atoms with E-state index in [9.17, 15) is 4.79 Å². The van der Waals surface area contributed by atoms with Gasteiger partial charge >= 0.3 is 0 Å². The first-order chi connectivity index (χ1) is 10.8. The Bertz CT molecular complexity index is 730. The Kier molecular flexibility index (Phi) is 3.30. The molecule has 22 heavy (non-hydrogen) atoms. The highest BCUT2D eigenvalue weighted by molar-refractivity contribution is 5.86. The van der Waals surface area contributed by atoms with Crippen molar-refractivity contribution in [3.63, 3.8) is 0 Å². The van der Waals surface area contributed by atoms with Gasteiger partial charge < -0.3 is 4.74 Å². The van der Waals surface area contributed by atoms with Crippen LogP contribution in [0.25, 0.3) is 11.8 Å². The molecule has 2 nitrogen and oxygen atoms in total. The SMILES string of the molecule is O=C1CCC[C@H]1[C@H]1OC(c2ccccc2)=Cc2ccccc21. The van der Waals surface area contributed by atoms with E-state index in [4.69, 9.17) is 4.74 Å². The van der Waals surface area contributed by atoms with Gasteiger partial charge in [0.05, 0.1) is 5.92 Å². The summed E-state index contributed by atoms with van der Waals surface area (Å²) in [6.45, 7) is 0. The highest BCUT2D eigenvalue weighted by Crippen LogP contribution is 2.43. The van der Waals surface area contributed by atoms with Crippen LogP contribution in [0.5, 0.6) is 0 Å². The van der Waals surface area contributed by atoms with Crippen LogP contribution in [-0.4, -0.2) is 5.78 Å². The molecule has 1 saturated carbocycles. The Balaban J connectivity index is 1.78. The Morgan fingerprint density at radius 2 is 1.73 bits per heavy atom. The van der Waals surface area contributed by atoms with Crippen molar-refractivity contribution in [3.8, 4) is 0 Å². The second-order valence-corrected chi connectivity index (χ2v) is 6.01. The number of rotatable bonds is 2. The number of hydrogen-bond acceptors (Lipinski definition) is 2. The Hall–Kier alpha value is -2.35. The highest BCUT2D eigenvalue weighted by atomic mass is 16.5. The van der Waals surface area contributed by atoms with Gasteiger partial charge in [-0.25, -0.2) is 0 Å². The van der Waals surface area contributed by atoms with E-state index in [0.29, 0.717) is 12.2 Å². The van der Waals surface area contributed by atoms with E-state index in [1.54, 1.807) is 0 Å². The van der Waals surface area contributed by atoms with Crippen LogP contribution in [0.4, 0.5) is 0 Å². The molecule has 0 saturated heterocycles. The monoisotopic (exact) mass is 290 g/mol. The third-order valence-electron chi connectivity index (χ3n) is 4.62. The summed E-state index contributed by atoms with van der Waals surface area (Å²) in [7, 11) is 0. The molecule has 1 fully saturated rings. The van der Waals surface area contributed by atoms with Crippen molar-refractivity contribution >= 4 is 17.6 Å². The van der Waals surface area contributed by atoms with E-state index in [-0.39, 0.29) is 12.0 Å². The molecule has 4 rings (SSSR count). The zero-order valence-corrected chi connectivity index (χ0v) is 12.4. The summed E-state index contributed by atoms with van der Waals surface area (Å²) >= 11 is 0. The molecule has 0 bridgehead atoms. The van der Waals surface area contributed by atoms with Crippen molar-refractivity contribution in [1.82, 2.24) is 0 Å². The van der Waals surface area contributed by atoms with Crippen LogP contribution in [0.15, 0.2) is 54.6 Å². The number of carbonyl (C=O) groups excluding carboxylic acids is 1. The summed E-state index contributed by atoms with van der Waals surface area (Å²) in [6.07, 6.45) is 4.54. The van der Waals surface area contributed by atoms with E-state index in [1.165, 1.54) is 0 Å². The topological polar surface area (TPSA) is 26.3 Å². The lowest BCUT2D eigenvalue weighted by molar-refractivity contribution is -0.123. The summed E-state index contributed by atoms with van der Waals surface area (Å²) in [6, 6.07) is 18.4. The van der Waals surface area contributed by atoms with E-state index in [0.717, 1.165) is 35.3 Å². The molecular formula is C20H18O2. The number of ketones is 1. The van der Waals surface area contributed by atoms with Gasteiger partial charge in [-0.1, -0.05) is 54.6 Å². The van der Waals surface area contributed by atoms with Gasteiger partial charge in [0, 0.05) is 17.5 Å². The quantitative estimate of drug-likeness (QED) is 0.806. The third-order valence-corrected chi connectivity index (χ3v) is 4.62. The molecule has 2 aromatic carbocycles. The average molecular weight is 290 g/mol. The van der Waals surface area contributed by atoms with E-state index in [1.807, 2.05) is 42.5 Å². The summed E-state index contributed by atoms with van der Waals surface area (Å²) < 4.78 is 6.29. The van der Waals surface area contributed by atoms with Crippen molar-refractivity contribution in [2.75, 3.05) is 0 Å². The Morgan fingerprint density at radius 3 is 2.50 bits per heavy atom. The van der Waals surface area contributed by atoms with Crippen molar-refractivity contribution in [3.05, 3.63) is 71.3 Å². The largest absolute Gasteiger partial charge is 0.484 e. The fourth-order valence-corrected chi connectivity index (χ4v) is 3.49. The number of carbonyl (C=O) groups is 1. The molecule has 1 aliphatic heterocycles. The first kappa shape index (κ1) is 13.3. The molecule has 2 aromatic rings. The summed E-state index contributed by atoms with van der Waals surface area (Å²) in [5, 5.41) is 0. The number of fused-ring (bicyclic) bond motifs is 1. The van der Waals surface area contributed by atoms with Gasteiger partial charge in [-0.05, 0) is 24.5 Å². The lowest BCUT2D eigenvalue weighted by Crippen LogP contribution is -2.22. The summed E-state index contributed by atoms with van der Waals surface area (Å²) in [5.74, 6) is 1.20. The second kappa shape index (κ2) is 5.45. The van der Waals surface area contributed by atoms with Gasteiger partial charge in [0.1, 0.15) is 17.6 Å². The maximum absolute atomic E-state index is 12.2. The molecule has 1 aliphatic carbocycles. The predicted molar refractivity (Wildman–Crippen MR) is 86.9 cm³/mol. The average Bonchev–Trinajstić information content (AvgIpc) is 3.00. The van der Waals surface area contributed by atoms with Crippen molar-refractivity contribution in [2.24, 2.45) is 5.92 Å². The normalized spacial score (nSPS) is 23.6. The Labute approximate surface area is 130 Å². The van der Waals surface area contributed by atoms with Crippen LogP contribution in [0.3, 0.4) is 0 Å². The first-order valence-corrected chi connectivity index (χ1v) is 7.88. The van der Waals surface area contributed by atoms with Crippen molar-refractivity contribution in [2.45, 2.75) is 25.4 Å². The molecule has 0 amide bonds. The number of Topliss-reactive ketones (excluding diaryl/α,β-unsaturated/α-hetero) is 1. The molecule has 0 unspecified atom stereocenters. The van der Waals surface area contributed by atoms with Crippen LogP contribution >= 0.6 is 0 Å². The molecule has 0 radical (unpaired) electrons. The van der Waals surface area contributed by atoms with Crippen molar-refractivity contribution < 1.29 is 9.53 Å². The molecule has 0 aromatic heterocycles. The van der Waals surface area contributed by atoms with Gasteiger partial charge in [0.2, 0.25) is 0 Å². The van der Waals surface area contributed by atoms with Crippen LogP contribution in [0, 0.1) is 5.92 Å². The minimum absolute atomic E-state index is 0.00596. The van der Waals surface area contributed by atoms with Crippen LogP contribution < -0.4 is 0 Å². The van der Waals surface area contributed by atoms with E-state index in [2.05, 4.69) is 18.2 Å². The van der Waals surface area contributed by atoms with Gasteiger partial charge in [-0.3, -0.25) is 4.79 Å². The maximum atomic E-state index is 12.2. The molecule has 2 aliphatic rings. The summed E-state index contributed by atoms with van der Waals surface area (Å²) in [4.78, 5) is 12.2. The van der Waals surface area contributed by atoms with Gasteiger partial charge in [-0.2, -0.15) is 0 Å². The van der Waals surface area contributed by atoms with Gasteiger partial charge in [0.25, 0.3) is 0 Å². The van der Waals surface area contributed by atoms with E-state index >= 15 is 0 Å². The molecular weight excluding hydrogens is 272 g/mol. The zero-order valence-electron chi connectivity index (χ0n) is 12.4. The van der Waals surface area contributed by atoms with Gasteiger partial charge in [-0.15, -0.1) is 0 Å². The first-order valence-electron chi connectivity index (χ1n) is 7.88. The molecule has 0 spiro atoms. The molecule has 110 valence electrons. The van der Waals surface area contributed by atoms with Gasteiger partial charge in [0.15, 0.2) is 0 Å². The molecule has 2 atom stereocenters. The third kappa shape index (κ3) is 2.25. The minimum atomic E-state index is -0.147. The smallest absolute Gasteiger partial charge is 0.140 e. The van der Waals surface area contributed by atoms with Crippen molar-refractivity contribution in [1.29, 1.82) is 0 Å². The fraction of sp³-hybridized carbons (Fsp3) is 0.250. The fourth-order valence-electron chi connectivity index (χ4n) is 3.49. The second-order valence-electron chi connectivity index (χ2n) is 6.01.